The predicted octanol–water partition coefficient (Wildman–Crippen LogP) is 2.51. The molecule has 8 bridgehead atoms. The maximum absolute atomic E-state index is 9.67. The molecule has 1 heterocycles. The van der Waals surface area contributed by atoms with Crippen LogP contribution in [0.1, 0.15) is 77.0 Å². The molecule has 0 amide bonds. The average Bonchev–Trinajstić information content (AvgIpc) is 3.10. The molecule has 0 unspecified atom stereocenters. The van der Waals surface area contributed by atoms with Crippen LogP contribution in [0.15, 0.2) is 18.7 Å². The van der Waals surface area contributed by atoms with E-state index in [0.29, 0.717) is 11.1 Å². The van der Waals surface area contributed by atoms with Gasteiger partial charge in [0, 0.05) is 0 Å². The van der Waals surface area contributed by atoms with E-state index in [-0.39, 0.29) is 4.70 Å². The largest absolute Gasteiger partial charge is 1.00 e. The maximum atomic E-state index is 9.67. The number of rotatable bonds is 2. The minimum Gasteiger partial charge on any atom is -1.00 e. The van der Waals surface area contributed by atoms with Gasteiger partial charge in [-0.1, -0.05) is 0 Å². The van der Waals surface area contributed by atoms with E-state index in [0.717, 1.165) is 35.5 Å². The van der Waals surface area contributed by atoms with Crippen molar-refractivity contribution in [1.29, 1.82) is 0 Å². The molecule has 1 aromatic rings. The highest BCUT2D eigenvalue weighted by Crippen LogP contribution is 2.59. The van der Waals surface area contributed by atoms with Crippen LogP contribution in [-0.2, 0) is 11.1 Å². The molecule has 9 rings (SSSR count). The number of nitrogens with zero attached hydrogens (tertiary/aromatic N) is 2. The summed E-state index contributed by atoms with van der Waals surface area (Å²) in [6, 6.07) is 0. The molecule has 0 atom stereocenters. The van der Waals surface area contributed by atoms with Crippen molar-refractivity contribution in [1.82, 2.24) is 4.57 Å². The fourth-order valence-electron chi connectivity index (χ4n) is 9.68. The van der Waals surface area contributed by atoms with Gasteiger partial charge < -0.3 is 4.70 Å². The smallest absolute Gasteiger partial charge is 0.762 e. The molecule has 166 valence electrons. The van der Waals surface area contributed by atoms with E-state index in [1.807, 2.05) is 0 Å². The molecule has 1 aromatic heterocycles. The fraction of sp³-hybridized carbons (Fsp3) is 0.870. The fourth-order valence-corrected chi connectivity index (χ4v) is 9.68. The van der Waals surface area contributed by atoms with Crippen molar-refractivity contribution in [3.05, 3.63) is 18.7 Å². The summed E-state index contributed by atoms with van der Waals surface area (Å²) in [6.07, 6.45) is 25.8. The number of imidazole rings is 1. The molecule has 0 radical (unpaired) electrons. The van der Waals surface area contributed by atoms with E-state index in [1.165, 1.54) is 38.5 Å². The lowest BCUT2D eigenvalue weighted by Gasteiger charge is -2.55. The second-order valence-corrected chi connectivity index (χ2v) is 11.8. The molecular formula is C23H33BF4N2. The number of hydrogen-bond acceptors (Lipinski definition) is 0. The Balaban J connectivity index is 0.000000358. The van der Waals surface area contributed by atoms with Crippen LogP contribution in [-0.4, -0.2) is 12.1 Å². The van der Waals surface area contributed by atoms with Gasteiger partial charge in [0.05, 0.1) is 0 Å². The minimum absolute atomic E-state index is 0. The number of halogens is 4. The van der Waals surface area contributed by atoms with Gasteiger partial charge in [0.25, 0.3) is 0 Å². The summed E-state index contributed by atoms with van der Waals surface area (Å²) in [7, 11) is -3.67. The molecule has 8 fully saturated rings. The highest BCUT2D eigenvalue weighted by Gasteiger charge is 2.57. The average molecular weight is 424 g/mol. The van der Waals surface area contributed by atoms with Crippen molar-refractivity contribution < 1.29 is 22.2 Å². The molecule has 8 saturated carbocycles. The molecule has 8 aliphatic carbocycles. The molecule has 8 aliphatic rings. The summed E-state index contributed by atoms with van der Waals surface area (Å²) in [6.45, 7) is 0. The van der Waals surface area contributed by atoms with Crippen LogP contribution in [0.2, 0.25) is 0 Å². The Morgan fingerprint density at radius 1 is 0.700 bits per heavy atom. The normalized spacial score (nSPS) is 46.9. The molecule has 0 N–H and O–H groups in total. The Labute approximate surface area is 177 Å². The summed E-state index contributed by atoms with van der Waals surface area (Å²) in [4.78, 5) is 0. The van der Waals surface area contributed by atoms with Crippen molar-refractivity contribution in [2.75, 3.05) is 0 Å². The lowest BCUT2D eigenvalue weighted by molar-refractivity contribution is -0.776. The zero-order chi connectivity index (χ0) is 19.8. The Kier molecular flexibility index (Phi) is 5.05. The first kappa shape index (κ1) is 20.9. The molecule has 7 heteroatoms. The zero-order valence-electron chi connectivity index (χ0n) is 17.7. The van der Waals surface area contributed by atoms with Gasteiger partial charge in [-0.15, -0.1) is 0 Å². The third-order valence-corrected chi connectivity index (χ3v) is 9.74. The van der Waals surface area contributed by atoms with Gasteiger partial charge in [-0.2, -0.15) is 0 Å². The summed E-state index contributed by atoms with van der Waals surface area (Å²) >= 11 is 0. The molecule has 0 saturated heterocycles. The zero-order valence-corrected chi connectivity index (χ0v) is 17.7. The van der Waals surface area contributed by atoms with Gasteiger partial charge in [-0.05, 0) is 113 Å². The number of aromatic nitrogens is 2. The first-order valence-electron chi connectivity index (χ1n) is 11.9. The minimum atomic E-state index is -3.67. The van der Waals surface area contributed by atoms with Gasteiger partial charge in [-0.25, -0.2) is 9.13 Å². The third-order valence-electron chi connectivity index (χ3n) is 9.74. The molecule has 2 nitrogen and oxygen atoms in total. The van der Waals surface area contributed by atoms with Crippen molar-refractivity contribution in [2.24, 2.45) is 35.5 Å². The third kappa shape index (κ3) is 3.33. The first-order valence-corrected chi connectivity index (χ1v) is 11.9. The van der Waals surface area contributed by atoms with E-state index >= 15 is 0 Å². The van der Waals surface area contributed by atoms with Crippen molar-refractivity contribution in [3.8, 4) is 0 Å². The van der Waals surface area contributed by atoms with Crippen molar-refractivity contribution >= 4 is 7.54 Å². The highest BCUT2D eigenvalue weighted by atomic mass is 19.4. The van der Waals surface area contributed by atoms with Crippen LogP contribution >= 0.6 is 0 Å². The van der Waals surface area contributed by atoms with Gasteiger partial charge in [0.15, 0.2) is 0 Å². The molecule has 0 aliphatic heterocycles. The lowest BCUT2D eigenvalue weighted by atomic mass is 9.53. The Hall–Kier alpha value is -1.01. The van der Waals surface area contributed by atoms with Gasteiger partial charge in [0.1, 0.15) is 23.5 Å². The van der Waals surface area contributed by atoms with Gasteiger partial charge in [0.2, 0.25) is 6.33 Å². The molecule has 0 aromatic carbocycles. The van der Waals surface area contributed by atoms with Crippen LogP contribution < -0.4 is 9.27 Å². The predicted molar refractivity (Wildman–Crippen MR) is 106 cm³/mol. The van der Waals surface area contributed by atoms with Crippen LogP contribution in [0.4, 0.5) is 12.9 Å². The van der Waals surface area contributed by atoms with E-state index < -0.39 is 7.54 Å². The van der Waals surface area contributed by atoms with Crippen LogP contribution in [0.3, 0.4) is 0 Å². The summed E-state index contributed by atoms with van der Waals surface area (Å²) < 4.78 is 34.5. The highest BCUT2D eigenvalue weighted by molar-refractivity contribution is 6.33. The van der Waals surface area contributed by atoms with Gasteiger partial charge >= 0.3 is 7.54 Å². The Morgan fingerprint density at radius 2 is 1.07 bits per heavy atom. The van der Waals surface area contributed by atoms with E-state index in [2.05, 4.69) is 27.9 Å². The Morgan fingerprint density at radius 3 is 1.47 bits per heavy atom. The van der Waals surface area contributed by atoms with Crippen LogP contribution in [0.5, 0.6) is 0 Å². The number of hydrogen-bond donors (Lipinski definition) is 0. The standard InChI is InChI=1S/C23H33N2.BF3.FH/c1-2-25(23-12-19-6-20(13-23)8-21(7-19)14-23)15-24(1)22-9-16-3-17(10-22)5-18(4-16)11-22;2-1(3)4;/h1-2,15-21H,3-14H2;;1H/q+1;;/p-1. The molecule has 30 heavy (non-hydrogen) atoms. The second kappa shape index (κ2) is 7.26. The monoisotopic (exact) mass is 424 g/mol. The Bertz CT molecular complexity index is 647. The van der Waals surface area contributed by atoms with Crippen LogP contribution in [0.25, 0.3) is 0 Å². The van der Waals surface area contributed by atoms with E-state index in [4.69, 9.17) is 0 Å². The maximum Gasteiger partial charge on any atom is 0.762 e. The van der Waals surface area contributed by atoms with E-state index in [1.54, 1.807) is 38.5 Å². The van der Waals surface area contributed by atoms with Crippen LogP contribution in [0, 0.1) is 35.5 Å². The van der Waals surface area contributed by atoms with Crippen molar-refractivity contribution in [3.63, 3.8) is 0 Å². The summed E-state index contributed by atoms with van der Waals surface area (Å²) in [5.74, 6) is 6.26. The van der Waals surface area contributed by atoms with Gasteiger partial charge in [-0.3, -0.25) is 12.9 Å². The van der Waals surface area contributed by atoms with Crippen molar-refractivity contribution in [2.45, 2.75) is 88.1 Å². The molecular weight excluding hydrogens is 391 g/mol. The topological polar surface area (TPSA) is 8.81 Å². The summed E-state index contributed by atoms with van der Waals surface area (Å²) in [5.41, 5.74) is 1.00. The van der Waals surface area contributed by atoms with E-state index in [9.17, 15) is 12.9 Å². The second-order valence-electron chi connectivity index (χ2n) is 11.8. The lowest BCUT2D eigenvalue weighted by Crippen LogP contribution is -3.00. The summed E-state index contributed by atoms with van der Waals surface area (Å²) in [5, 5.41) is 0. The SMILES string of the molecule is FB(F)F.[F-].c1c[n+](C23CC4CC(CC(C4)C2)C3)cn1C12CC3CC(CC(C3)C1)C2. The molecule has 0 spiro atoms. The first-order chi connectivity index (χ1) is 13.9. The quantitative estimate of drug-likeness (QED) is 0.392.